The van der Waals surface area contributed by atoms with Gasteiger partial charge in [-0.3, -0.25) is 4.98 Å². The highest BCUT2D eigenvalue weighted by atomic mass is 35.5. The summed E-state index contributed by atoms with van der Waals surface area (Å²) < 4.78 is 0. The van der Waals surface area contributed by atoms with Crippen molar-refractivity contribution in [1.82, 2.24) is 15.0 Å². The van der Waals surface area contributed by atoms with E-state index < -0.39 is 0 Å². The lowest BCUT2D eigenvalue weighted by Gasteiger charge is -2.15. The van der Waals surface area contributed by atoms with E-state index in [0.29, 0.717) is 10.3 Å². The Kier molecular flexibility index (Phi) is 5.80. The Morgan fingerprint density at radius 3 is 2.75 bits per heavy atom. The van der Waals surface area contributed by atoms with Gasteiger partial charge in [0.05, 0.1) is 10.9 Å². The molecule has 5 heteroatoms. The molecule has 0 aliphatic heterocycles. The molecule has 0 amide bonds. The van der Waals surface area contributed by atoms with E-state index in [9.17, 15) is 0 Å². The number of hydrogen-bond donors (Lipinski definition) is 0. The number of hydrogen-bond acceptors (Lipinski definition) is 4. The van der Waals surface area contributed by atoms with E-state index in [2.05, 4.69) is 34.9 Å². The highest BCUT2D eigenvalue weighted by molar-refractivity contribution is 7.99. The first-order valence-electron chi connectivity index (χ1n) is 6.77. The monoisotopic (exact) mass is 307 g/mol. The molecule has 1 unspecified atom stereocenters. The third kappa shape index (κ3) is 4.46. The van der Waals surface area contributed by atoms with Crippen LogP contribution >= 0.6 is 23.4 Å². The standard InChI is InChI=1S/C15H18ClN3S/c1-3-4-5-13(12-10-11(2)6-8-17-12)20-15-18-9-7-14(16)19-15/h6-10,13H,3-5H2,1-2H3. The van der Waals surface area contributed by atoms with Gasteiger partial charge in [-0.2, -0.15) is 0 Å². The number of halogens is 1. The minimum atomic E-state index is 0.272. The van der Waals surface area contributed by atoms with Crippen LogP contribution in [0.1, 0.15) is 42.7 Å². The number of pyridine rings is 1. The maximum Gasteiger partial charge on any atom is 0.189 e. The molecule has 2 heterocycles. The summed E-state index contributed by atoms with van der Waals surface area (Å²) in [6.07, 6.45) is 6.95. The van der Waals surface area contributed by atoms with Gasteiger partial charge in [-0.1, -0.05) is 43.1 Å². The molecule has 0 radical (unpaired) electrons. The van der Waals surface area contributed by atoms with Crippen molar-refractivity contribution in [3.8, 4) is 0 Å². The molecule has 0 bridgehead atoms. The molecule has 0 aliphatic carbocycles. The topological polar surface area (TPSA) is 38.7 Å². The van der Waals surface area contributed by atoms with Crippen LogP contribution in [0.5, 0.6) is 0 Å². The van der Waals surface area contributed by atoms with Crippen molar-refractivity contribution in [3.63, 3.8) is 0 Å². The second-order valence-corrected chi connectivity index (χ2v) is 6.23. The van der Waals surface area contributed by atoms with Crippen LogP contribution in [0, 0.1) is 6.92 Å². The Balaban J connectivity index is 2.19. The van der Waals surface area contributed by atoms with Crippen molar-refractivity contribution >= 4 is 23.4 Å². The van der Waals surface area contributed by atoms with E-state index in [0.717, 1.165) is 18.5 Å². The first-order valence-corrected chi connectivity index (χ1v) is 8.02. The van der Waals surface area contributed by atoms with Gasteiger partial charge in [0.1, 0.15) is 5.15 Å². The zero-order valence-corrected chi connectivity index (χ0v) is 13.3. The second-order valence-electron chi connectivity index (χ2n) is 4.67. The van der Waals surface area contributed by atoms with Crippen molar-refractivity contribution in [2.45, 2.75) is 43.5 Å². The number of aromatic nitrogens is 3. The van der Waals surface area contributed by atoms with Crippen LogP contribution in [0.15, 0.2) is 35.7 Å². The summed E-state index contributed by atoms with van der Waals surface area (Å²) in [6.45, 7) is 4.28. The number of rotatable bonds is 6. The molecular weight excluding hydrogens is 290 g/mol. The Bertz CT molecular complexity index is 562. The highest BCUT2D eigenvalue weighted by Gasteiger charge is 2.16. The zero-order valence-electron chi connectivity index (χ0n) is 11.7. The van der Waals surface area contributed by atoms with Gasteiger partial charge in [0.2, 0.25) is 0 Å². The third-order valence-electron chi connectivity index (χ3n) is 2.93. The summed E-state index contributed by atoms with van der Waals surface area (Å²) in [6, 6.07) is 5.84. The van der Waals surface area contributed by atoms with Gasteiger partial charge in [0.15, 0.2) is 5.16 Å². The Hall–Kier alpha value is -1.13. The van der Waals surface area contributed by atoms with Crippen LogP contribution in [-0.2, 0) is 0 Å². The molecule has 0 aromatic carbocycles. The van der Waals surface area contributed by atoms with Crippen LogP contribution in [0.2, 0.25) is 5.15 Å². The van der Waals surface area contributed by atoms with Crippen molar-refractivity contribution in [1.29, 1.82) is 0 Å². The molecule has 2 aromatic heterocycles. The first-order chi connectivity index (χ1) is 9.69. The molecule has 0 N–H and O–H groups in total. The smallest absolute Gasteiger partial charge is 0.189 e. The summed E-state index contributed by atoms with van der Waals surface area (Å²) >= 11 is 7.56. The predicted molar refractivity (Wildman–Crippen MR) is 84.1 cm³/mol. The zero-order chi connectivity index (χ0) is 14.4. The van der Waals surface area contributed by atoms with E-state index in [-0.39, 0.29) is 5.25 Å². The summed E-state index contributed by atoms with van der Waals surface area (Å²) in [7, 11) is 0. The quantitative estimate of drug-likeness (QED) is 0.434. The molecule has 1 atom stereocenters. The maximum atomic E-state index is 5.92. The van der Waals surface area contributed by atoms with Crippen LogP contribution in [0.25, 0.3) is 0 Å². The van der Waals surface area contributed by atoms with Crippen LogP contribution in [-0.4, -0.2) is 15.0 Å². The lowest BCUT2D eigenvalue weighted by atomic mass is 10.1. The molecule has 20 heavy (non-hydrogen) atoms. The van der Waals surface area contributed by atoms with E-state index in [1.165, 1.54) is 12.0 Å². The molecule has 2 aromatic rings. The minimum absolute atomic E-state index is 0.272. The van der Waals surface area contributed by atoms with Crippen molar-refractivity contribution < 1.29 is 0 Å². The molecule has 0 saturated carbocycles. The van der Waals surface area contributed by atoms with Crippen LogP contribution in [0.4, 0.5) is 0 Å². The van der Waals surface area contributed by atoms with Crippen molar-refractivity contribution in [2.24, 2.45) is 0 Å². The van der Waals surface area contributed by atoms with Gasteiger partial charge >= 0.3 is 0 Å². The van der Waals surface area contributed by atoms with Crippen LogP contribution in [0.3, 0.4) is 0 Å². The minimum Gasteiger partial charge on any atom is -0.260 e. The normalized spacial score (nSPS) is 12.3. The number of unbranched alkanes of at least 4 members (excludes halogenated alkanes) is 1. The fourth-order valence-corrected chi connectivity index (χ4v) is 3.14. The summed E-state index contributed by atoms with van der Waals surface area (Å²) in [5.74, 6) is 0. The number of nitrogens with zero attached hydrogens (tertiary/aromatic N) is 3. The second kappa shape index (κ2) is 7.60. The van der Waals surface area contributed by atoms with Gasteiger partial charge in [0, 0.05) is 12.4 Å². The van der Waals surface area contributed by atoms with Gasteiger partial charge in [0.25, 0.3) is 0 Å². The molecular formula is C15H18ClN3S. The average Bonchev–Trinajstić information content (AvgIpc) is 2.43. The largest absolute Gasteiger partial charge is 0.260 e. The van der Waals surface area contributed by atoms with Crippen molar-refractivity contribution in [3.05, 3.63) is 47.0 Å². The summed E-state index contributed by atoms with van der Waals surface area (Å²) in [4.78, 5) is 13.0. The Labute approximate surface area is 129 Å². The molecule has 0 aliphatic rings. The fourth-order valence-electron chi connectivity index (χ4n) is 1.90. The fraction of sp³-hybridized carbons (Fsp3) is 0.400. The molecule has 3 nitrogen and oxygen atoms in total. The Morgan fingerprint density at radius 2 is 2.05 bits per heavy atom. The maximum absolute atomic E-state index is 5.92. The lowest BCUT2D eigenvalue weighted by molar-refractivity contribution is 0.693. The number of thioether (sulfide) groups is 1. The molecule has 2 rings (SSSR count). The average molecular weight is 308 g/mol. The molecule has 0 fully saturated rings. The van der Waals surface area contributed by atoms with E-state index >= 15 is 0 Å². The molecule has 0 saturated heterocycles. The van der Waals surface area contributed by atoms with E-state index in [4.69, 9.17) is 11.6 Å². The first kappa shape index (κ1) is 15.3. The third-order valence-corrected chi connectivity index (χ3v) is 4.31. The van der Waals surface area contributed by atoms with Gasteiger partial charge in [-0.15, -0.1) is 0 Å². The summed E-state index contributed by atoms with van der Waals surface area (Å²) in [5, 5.41) is 1.46. The van der Waals surface area contributed by atoms with E-state index in [1.807, 2.05) is 12.3 Å². The van der Waals surface area contributed by atoms with Gasteiger partial charge in [-0.05, 0) is 37.1 Å². The van der Waals surface area contributed by atoms with E-state index in [1.54, 1.807) is 24.0 Å². The Morgan fingerprint density at radius 1 is 1.25 bits per heavy atom. The van der Waals surface area contributed by atoms with Gasteiger partial charge < -0.3 is 0 Å². The number of aryl methyl sites for hydroxylation is 1. The lowest BCUT2D eigenvalue weighted by Crippen LogP contribution is -2.00. The molecule has 106 valence electrons. The van der Waals surface area contributed by atoms with Crippen molar-refractivity contribution in [2.75, 3.05) is 0 Å². The van der Waals surface area contributed by atoms with Gasteiger partial charge in [-0.25, -0.2) is 9.97 Å². The highest BCUT2D eigenvalue weighted by Crippen LogP contribution is 2.36. The van der Waals surface area contributed by atoms with Crippen LogP contribution < -0.4 is 0 Å². The SMILES string of the molecule is CCCCC(Sc1nccc(Cl)n1)c1cc(C)ccn1. The summed E-state index contributed by atoms with van der Waals surface area (Å²) in [5.41, 5.74) is 2.32. The predicted octanol–water partition coefficient (Wildman–Crippen LogP) is 4.86. The molecule has 0 spiro atoms.